The Bertz CT molecular complexity index is 1050. The van der Waals surface area contributed by atoms with E-state index in [-0.39, 0.29) is 11.9 Å². The predicted octanol–water partition coefficient (Wildman–Crippen LogP) is 7.87. The Hall–Kier alpha value is -1.05. The van der Waals surface area contributed by atoms with Crippen molar-refractivity contribution < 1.29 is 9.53 Å². The van der Waals surface area contributed by atoms with E-state index >= 15 is 0 Å². The van der Waals surface area contributed by atoms with Crippen LogP contribution in [0.15, 0.2) is 45.8 Å². The second kappa shape index (κ2) is 10.3. The summed E-state index contributed by atoms with van der Waals surface area (Å²) < 4.78 is 7.38. The van der Waals surface area contributed by atoms with Gasteiger partial charge in [0, 0.05) is 21.7 Å². The van der Waals surface area contributed by atoms with Gasteiger partial charge in [-0.3, -0.25) is 9.69 Å². The number of rotatable bonds is 5. The van der Waals surface area contributed by atoms with Crippen LogP contribution in [0.4, 0.5) is 0 Å². The van der Waals surface area contributed by atoms with Crippen LogP contribution in [0.2, 0.25) is 10.0 Å². The first-order valence-electron chi connectivity index (χ1n) is 10.1. The van der Waals surface area contributed by atoms with Crippen molar-refractivity contribution in [2.45, 2.75) is 44.8 Å². The van der Waals surface area contributed by atoms with E-state index in [4.69, 9.17) is 40.2 Å². The van der Waals surface area contributed by atoms with Crippen molar-refractivity contribution in [1.29, 1.82) is 0 Å². The molecule has 1 aliphatic carbocycles. The summed E-state index contributed by atoms with van der Waals surface area (Å²) in [5.41, 5.74) is 1.77. The molecule has 1 heterocycles. The summed E-state index contributed by atoms with van der Waals surface area (Å²) in [4.78, 5) is 15.5. The van der Waals surface area contributed by atoms with E-state index in [1.54, 1.807) is 12.1 Å². The van der Waals surface area contributed by atoms with E-state index in [0.29, 0.717) is 31.6 Å². The van der Waals surface area contributed by atoms with Gasteiger partial charge in [-0.1, -0.05) is 78.6 Å². The molecule has 3 nitrogen and oxygen atoms in total. The molecule has 0 radical (unpaired) electrons. The lowest BCUT2D eigenvalue weighted by Gasteiger charge is -2.29. The van der Waals surface area contributed by atoms with Gasteiger partial charge in [0.05, 0.1) is 9.38 Å². The quantitative estimate of drug-likeness (QED) is 0.277. The zero-order chi connectivity index (χ0) is 22.0. The topological polar surface area (TPSA) is 29.5 Å². The first-order chi connectivity index (χ1) is 14.9. The fourth-order valence-electron chi connectivity index (χ4n) is 3.80. The average molecular weight is 557 g/mol. The number of benzene rings is 2. The van der Waals surface area contributed by atoms with Gasteiger partial charge < -0.3 is 4.74 Å². The number of nitrogens with zero attached hydrogens (tertiary/aromatic N) is 1. The van der Waals surface area contributed by atoms with Crippen molar-refractivity contribution in [3.8, 4) is 5.75 Å². The Labute approximate surface area is 210 Å². The maximum absolute atomic E-state index is 13.0. The summed E-state index contributed by atoms with van der Waals surface area (Å²) in [5.74, 6) is 0.716. The summed E-state index contributed by atoms with van der Waals surface area (Å²) in [6.07, 6.45) is 7.54. The SMILES string of the molecule is O=C1/C(=C/c2ccc(OCc3ccc(Cl)cc3Cl)c(Br)c2)SC(=S)N1C1CCCCC1. The highest BCUT2D eigenvalue weighted by atomic mass is 79.9. The molecule has 1 saturated heterocycles. The van der Waals surface area contributed by atoms with Gasteiger partial charge in [-0.15, -0.1) is 0 Å². The Morgan fingerprint density at radius 2 is 1.94 bits per heavy atom. The summed E-state index contributed by atoms with van der Waals surface area (Å²) in [7, 11) is 0. The molecule has 2 aromatic carbocycles. The third kappa shape index (κ3) is 5.48. The van der Waals surface area contributed by atoms with E-state index in [0.717, 1.165) is 41.3 Å². The van der Waals surface area contributed by atoms with Crippen molar-refractivity contribution in [1.82, 2.24) is 4.90 Å². The zero-order valence-electron chi connectivity index (χ0n) is 16.6. The van der Waals surface area contributed by atoms with Crippen LogP contribution in [0.3, 0.4) is 0 Å². The van der Waals surface area contributed by atoms with Crippen molar-refractivity contribution >= 4 is 79.4 Å². The van der Waals surface area contributed by atoms with E-state index < -0.39 is 0 Å². The molecule has 0 aromatic heterocycles. The van der Waals surface area contributed by atoms with Crippen molar-refractivity contribution in [3.63, 3.8) is 0 Å². The molecule has 0 spiro atoms. The lowest BCUT2D eigenvalue weighted by Crippen LogP contribution is -2.39. The molecule has 162 valence electrons. The summed E-state index contributed by atoms with van der Waals surface area (Å²) in [6.45, 7) is 0.327. The maximum atomic E-state index is 13.0. The second-order valence-corrected chi connectivity index (χ2v) is 10.9. The van der Waals surface area contributed by atoms with Crippen LogP contribution in [0.1, 0.15) is 43.2 Å². The fourth-order valence-corrected chi connectivity index (χ4v) is 6.18. The number of carbonyl (C=O) groups is 1. The minimum Gasteiger partial charge on any atom is -0.488 e. The molecular formula is C23H20BrCl2NO2S2. The Kier molecular flexibility index (Phi) is 7.65. The van der Waals surface area contributed by atoms with Crippen LogP contribution >= 0.6 is 63.1 Å². The molecule has 4 rings (SSSR count). The van der Waals surface area contributed by atoms with Crippen LogP contribution in [-0.4, -0.2) is 21.2 Å². The standard InChI is InChI=1S/C23H20BrCl2NO2S2/c24-18-10-14(6-9-20(18)29-13-15-7-8-16(25)12-19(15)26)11-21-22(28)27(23(30)31-21)17-4-2-1-3-5-17/h6-12,17H,1-5,13H2/b21-11-. The number of hydrogen-bond donors (Lipinski definition) is 0. The van der Waals surface area contributed by atoms with E-state index in [1.807, 2.05) is 35.2 Å². The van der Waals surface area contributed by atoms with E-state index in [1.165, 1.54) is 18.2 Å². The number of carbonyl (C=O) groups excluding carboxylic acids is 1. The molecule has 8 heteroatoms. The molecule has 31 heavy (non-hydrogen) atoms. The molecule has 0 bridgehead atoms. The van der Waals surface area contributed by atoms with Crippen LogP contribution in [0.5, 0.6) is 5.75 Å². The third-order valence-electron chi connectivity index (χ3n) is 5.42. The lowest BCUT2D eigenvalue weighted by atomic mass is 9.94. The summed E-state index contributed by atoms with van der Waals surface area (Å²) in [5, 5.41) is 1.16. The summed E-state index contributed by atoms with van der Waals surface area (Å²) >= 11 is 22.6. The number of halogens is 3. The Balaban J connectivity index is 1.45. The molecule has 1 amide bonds. The molecule has 2 aromatic rings. The van der Waals surface area contributed by atoms with Crippen molar-refractivity contribution in [3.05, 3.63) is 66.9 Å². The largest absolute Gasteiger partial charge is 0.488 e. The van der Waals surface area contributed by atoms with Gasteiger partial charge in [-0.05, 0) is 64.7 Å². The van der Waals surface area contributed by atoms with E-state index in [9.17, 15) is 4.79 Å². The van der Waals surface area contributed by atoms with Crippen molar-refractivity contribution in [2.75, 3.05) is 0 Å². The number of hydrogen-bond acceptors (Lipinski definition) is 4. The Morgan fingerprint density at radius 1 is 1.16 bits per heavy atom. The molecular weight excluding hydrogens is 537 g/mol. The molecule has 0 atom stereocenters. The van der Waals surface area contributed by atoms with Gasteiger partial charge in [0.15, 0.2) is 0 Å². The molecule has 2 aliphatic rings. The second-order valence-electron chi connectivity index (χ2n) is 7.56. The number of thiocarbonyl (C=S) groups is 1. The monoisotopic (exact) mass is 555 g/mol. The first kappa shape index (κ1) is 23.1. The van der Waals surface area contributed by atoms with Crippen LogP contribution in [0.25, 0.3) is 6.08 Å². The number of ether oxygens (including phenoxy) is 1. The number of amides is 1. The molecule has 0 N–H and O–H groups in total. The van der Waals surface area contributed by atoms with Gasteiger partial charge in [-0.25, -0.2) is 0 Å². The lowest BCUT2D eigenvalue weighted by molar-refractivity contribution is -0.124. The van der Waals surface area contributed by atoms with Crippen molar-refractivity contribution in [2.24, 2.45) is 0 Å². The van der Waals surface area contributed by atoms with Gasteiger partial charge >= 0.3 is 0 Å². The molecule has 1 saturated carbocycles. The summed E-state index contributed by atoms with van der Waals surface area (Å²) in [6, 6.07) is 11.3. The highest BCUT2D eigenvalue weighted by Gasteiger charge is 2.37. The molecule has 1 aliphatic heterocycles. The van der Waals surface area contributed by atoms with Gasteiger partial charge in [0.1, 0.15) is 16.7 Å². The molecule has 2 fully saturated rings. The third-order valence-corrected chi connectivity index (χ3v) is 7.95. The smallest absolute Gasteiger partial charge is 0.266 e. The van der Waals surface area contributed by atoms with Crippen LogP contribution < -0.4 is 4.74 Å². The van der Waals surface area contributed by atoms with Crippen LogP contribution in [0, 0.1) is 0 Å². The van der Waals surface area contributed by atoms with E-state index in [2.05, 4.69) is 15.9 Å². The number of thioether (sulfide) groups is 1. The highest BCUT2D eigenvalue weighted by Crippen LogP contribution is 2.38. The maximum Gasteiger partial charge on any atom is 0.266 e. The average Bonchev–Trinajstić information content (AvgIpc) is 3.02. The highest BCUT2D eigenvalue weighted by molar-refractivity contribution is 9.10. The van der Waals surface area contributed by atoms with Crippen LogP contribution in [-0.2, 0) is 11.4 Å². The zero-order valence-corrected chi connectivity index (χ0v) is 21.3. The minimum atomic E-state index is 0.0238. The van der Waals surface area contributed by atoms with Gasteiger partial charge in [0.25, 0.3) is 5.91 Å². The minimum absolute atomic E-state index is 0.0238. The normalized spacial score (nSPS) is 18.8. The van der Waals surface area contributed by atoms with Gasteiger partial charge in [0.2, 0.25) is 0 Å². The fraction of sp³-hybridized carbons (Fsp3) is 0.304. The molecule has 0 unspecified atom stereocenters. The Morgan fingerprint density at radius 3 is 2.65 bits per heavy atom. The van der Waals surface area contributed by atoms with Gasteiger partial charge in [-0.2, -0.15) is 0 Å². The first-order valence-corrected chi connectivity index (χ1v) is 12.8. The predicted molar refractivity (Wildman–Crippen MR) is 137 cm³/mol.